The van der Waals surface area contributed by atoms with E-state index in [9.17, 15) is 19.1 Å². The lowest BCUT2D eigenvalue weighted by Crippen LogP contribution is -2.14. The highest BCUT2D eigenvalue weighted by molar-refractivity contribution is 6.04. The molecule has 2 N–H and O–H groups in total. The zero-order valence-electron chi connectivity index (χ0n) is 19.0. The predicted octanol–water partition coefficient (Wildman–Crippen LogP) is 4.62. The first-order valence-corrected chi connectivity index (χ1v) is 11.1. The van der Waals surface area contributed by atoms with Gasteiger partial charge < -0.3 is 10.4 Å². The van der Waals surface area contributed by atoms with Gasteiger partial charge in [0.25, 0.3) is 5.91 Å². The van der Waals surface area contributed by atoms with Crippen LogP contribution in [0.25, 0.3) is 10.9 Å². The molecule has 2 aromatic heterocycles. The van der Waals surface area contributed by atoms with Gasteiger partial charge in [-0.1, -0.05) is 38.1 Å². The van der Waals surface area contributed by atoms with Crippen molar-refractivity contribution in [2.45, 2.75) is 39.7 Å². The van der Waals surface area contributed by atoms with Crippen LogP contribution in [0.1, 0.15) is 46.7 Å². The van der Waals surface area contributed by atoms with Crippen molar-refractivity contribution < 1.29 is 19.1 Å². The van der Waals surface area contributed by atoms with Crippen LogP contribution in [0.15, 0.2) is 54.6 Å². The van der Waals surface area contributed by atoms with Gasteiger partial charge in [0.15, 0.2) is 0 Å². The third-order valence-corrected chi connectivity index (χ3v) is 5.72. The van der Waals surface area contributed by atoms with E-state index in [1.165, 1.54) is 6.07 Å². The Morgan fingerprint density at radius 2 is 1.85 bits per heavy atom. The number of para-hydroxylation sites is 1. The SMILES string of the molecule is CCc1nn(Cc2ccc(C(=O)Nc3ccc4ccccc4n3)cc2F)c(CC)c1CC(=O)O. The average molecular weight is 461 g/mol. The van der Waals surface area contributed by atoms with Crippen LogP contribution in [0, 0.1) is 5.82 Å². The number of amides is 1. The van der Waals surface area contributed by atoms with Gasteiger partial charge in [-0.05, 0) is 43.2 Å². The van der Waals surface area contributed by atoms with Gasteiger partial charge in [0.05, 0.1) is 24.2 Å². The summed E-state index contributed by atoms with van der Waals surface area (Å²) >= 11 is 0. The Morgan fingerprint density at radius 1 is 1.06 bits per heavy atom. The van der Waals surface area contributed by atoms with Crippen LogP contribution in [-0.4, -0.2) is 31.7 Å². The molecule has 0 spiro atoms. The third kappa shape index (κ3) is 4.80. The van der Waals surface area contributed by atoms with Crippen LogP contribution in [-0.2, 0) is 30.6 Å². The van der Waals surface area contributed by atoms with Crippen molar-refractivity contribution in [3.05, 3.63) is 88.5 Å². The quantitative estimate of drug-likeness (QED) is 0.400. The van der Waals surface area contributed by atoms with Crippen molar-refractivity contribution in [3.8, 4) is 0 Å². The van der Waals surface area contributed by atoms with Gasteiger partial charge in [0, 0.05) is 27.8 Å². The van der Waals surface area contributed by atoms with Crippen LogP contribution in [0.2, 0.25) is 0 Å². The number of aliphatic carboxylic acids is 1. The summed E-state index contributed by atoms with van der Waals surface area (Å²) in [5.74, 6) is -1.53. The highest BCUT2D eigenvalue weighted by Crippen LogP contribution is 2.21. The van der Waals surface area contributed by atoms with Gasteiger partial charge in [-0.25, -0.2) is 9.37 Å². The minimum Gasteiger partial charge on any atom is -0.481 e. The van der Waals surface area contributed by atoms with Gasteiger partial charge in [-0.15, -0.1) is 0 Å². The Morgan fingerprint density at radius 3 is 2.56 bits per heavy atom. The second-order valence-corrected chi connectivity index (χ2v) is 7.96. The maximum Gasteiger partial charge on any atom is 0.307 e. The van der Waals surface area contributed by atoms with Crippen molar-refractivity contribution in [2.75, 3.05) is 5.32 Å². The third-order valence-electron chi connectivity index (χ3n) is 5.72. The van der Waals surface area contributed by atoms with Crippen molar-refractivity contribution in [1.29, 1.82) is 0 Å². The molecule has 0 aliphatic rings. The van der Waals surface area contributed by atoms with Crippen LogP contribution in [0.4, 0.5) is 10.2 Å². The lowest BCUT2D eigenvalue weighted by Gasteiger charge is -2.10. The summed E-state index contributed by atoms with van der Waals surface area (Å²) in [7, 11) is 0. The molecular formula is C26H25FN4O3. The van der Waals surface area contributed by atoms with E-state index in [1.807, 2.05) is 44.2 Å². The van der Waals surface area contributed by atoms with E-state index < -0.39 is 17.7 Å². The molecular weight excluding hydrogens is 435 g/mol. The maximum atomic E-state index is 14.9. The van der Waals surface area contributed by atoms with Gasteiger partial charge in [-0.2, -0.15) is 5.10 Å². The molecule has 0 saturated carbocycles. The molecule has 0 saturated heterocycles. The second-order valence-electron chi connectivity index (χ2n) is 7.96. The molecule has 1 amide bonds. The van der Waals surface area contributed by atoms with E-state index in [-0.39, 0.29) is 18.5 Å². The van der Waals surface area contributed by atoms with Crippen molar-refractivity contribution in [3.63, 3.8) is 0 Å². The number of hydrogen-bond acceptors (Lipinski definition) is 4. The molecule has 0 aliphatic heterocycles. The number of benzene rings is 2. The summed E-state index contributed by atoms with van der Waals surface area (Å²) in [5, 5.41) is 17.4. The fraction of sp³-hybridized carbons (Fsp3) is 0.231. The summed E-state index contributed by atoms with van der Waals surface area (Å²) in [6.07, 6.45) is 1.06. The zero-order chi connectivity index (χ0) is 24.2. The molecule has 0 bridgehead atoms. The first kappa shape index (κ1) is 23.1. The van der Waals surface area contributed by atoms with E-state index in [2.05, 4.69) is 15.4 Å². The number of carbonyl (C=O) groups excluding carboxylic acids is 1. The van der Waals surface area contributed by atoms with E-state index in [4.69, 9.17) is 0 Å². The number of rotatable bonds is 8. The van der Waals surface area contributed by atoms with E-state index >= 15 is 0 Å². The first-order valence-electron chi connectivity index (χ1n) is 11.1. The lowest BCUT2D eigenvalue weighted by atomic mass is 10.1. The number of nitrogens with zero attached hydrogens (tertiary/aromatic N) is 3. The average Bonchev–Trinajstić information content (AvgIpc) is 3.15. The van der Waals surface area contributed by atoms with Crippen LogP contribution in [0.5, 0.6) is 0 Å². The molecule has 0 radical (unpaired) electrons. The lowest BCUT2D eigenvalue weighted by molar-refractivity contribution is -0.136. The first-order chi connectivity index (χ1) is 16.4. The standard InChI is InChI=1S/C26H25FN4O3/c1-3-21-19(14-25(32)33)23(4-2)31(30-21)15-18-10-9-17(13-20(18)27)26(34)29-24-12-11-16-7-5-6-8-22(16)28-24/h5-13H,3-4,14-15H2,1-2H3,(H,32,33)(H,28,29,34). The van der Waals surface area contributed by atoms with Gasteiger partial charge >= 0.3 is 5.97 Å². The number of carboxylic acids is 1. The van der Waals surface area contributed by atoms with Gasteiger partial charge in [0.2, 0.25) is 0 Å². The summed E-state index contributed by atoms with van der Waals surface area (Å²) in [5.41, 5.74) is 3.47. The summed E-state index contributed by atoms with van der Waals surface area (Å²) in [6.45, 7) is 3.98. The molecule has 0 aliphatic carbocycles. The predicted molar refractivity (Wildman–Crippen MR) is 128 cm³/mol. The molecule has 0 unspecified atom stereocenters. The number of carboxylic acid groups (broad SMARTS) is 1. The zero-order valence-corrected chi connectivity index (χ0v) is 19.0. The fourth-order valence-electron chi connectivity index (χ4n) is 4.06. The van der Waals surface area contributed by atoms with E-state index in [0.717, 1.165) is 16.6 Å². The number of nitrogens with one attached hydrogen (secondary N) is 1. The topological polar surface area (TPSA) is 97.1 Å². The largest absolute Gasteiger partial charge is 0.481 e. The fourth-order valence-corrected chi connectivity index (χ4v) is 4.06. The highest BCUT2D eigenvalue weighted by atomic mass is 19.1. The minimum absolute atomic E-state index is 0.114. The Balaban J connectivity index is 1.54. The Bertz CT molecular complexity index is 1380. The smallest absolute Gasteiger partial charge is 0.307 e. The molecule has 4 rings (SSSR count). The van der Waals surface area contributed by atoms with Crippen molar-refractivity contribution in [1.82, 2.24) is 14.8 Å². The molecule has 4 aromatic rings. The normalized spacial score (nSPS) is 11.0. The van der Waals surface area contributed by atoms with Crippen molar-refractivity contribution in [2.24, 2.45) is 0 Å². The molecule has 34 heavy (non-hydrogen) atoms. The van der Waals surface area contributed by atoms with Gasteiger partial charge in [0.1, 0.15) is 11.6 Å². The Kier molecular flexibility index (Phi) is 6.67. The molecule has 2 aromatic carbocycles. The maximum absolute atomic E-state index is 14.9. The number of anilines is 1. The molecule has 0 atom stereocenters. The number of carbonyl (C=O) groups is 2. The number of pyridine rings is 1. The molecule has 8 heteroatoms. The molecule has 0 fully saturated rings. The minimum atomic E-state index is -0.925. The molecule has 2 heterocycles. The second kappa shape index (κ2) is 9.82. The van der Waals surface area contributed by atoms with Gasteiger partial charge in [-0.3, -0.25) is 14.3 Å². The highest BCUT2D eigenvalue weighted by Gasteiger charge is 2.19. The van der Waals surface area contributed by atoms with Crippen LogP contribution < -0.4 is 5.32 Å². The summed E-state index contributed by atoms with van der Waals surface area (Å²) in [6, 6.07) is 15.4. The van der Waals surface area contributed by atoms with E-state index in [0.29, 0.717) is 35.5 Å². The Hall–Kier alpha value is -4.07. The summed E-state index contributed by atoms with van der Waals surface area (Å²) < 4.78 is 16.6. The number of fused-ring (bicyclic) bond motifs is 1. The number of hydrogen-bond donors (Lipinski definition) is 2. The number of aryl methyl sites for hydroxylation is 1. The van der Waals surface area contributed by atoms with E-state index in [1.54, 1.807) is 22.9 Å². The molecule has 7 nitrogen and oxygen atoms in total. The number of halogens is 1. The Labute approximate surface area is 196 Å². The van der Waals surface area contributed by atoms with Crippen molar-refractivity contribution >= 4 is 28.6 Å². The monoisotopic (exact) mass is 460 g/mol. The van der Waals surface area contributed by atoms with Crippen LogP contribution >= 0.6 is 0 Å². The molecule has 174 valence electrons. The number of aromatic nitrogens is 3. The van der Waals surface area contributed by atoms with Crippen LogP contribution in [0.3, 0.4) is 0 Å². The summed E-state index contributed by atoms with van der Waals surface area (Å²) in [4.78, 5) is 28.4.